The van der Waals surface area contributed by atoms with Crippen LogP contribution in [-0.2, 0) is 5.41 Å². The third-order valence-electron chi connectivity index (χ3n) is 3.62. The summed E-state index contributed by atoms with van der Waals surface area (Å²) in [5, 5.41) is 0. The van der Waals surface area contributed by atoms with Crippen molar-refractivity contribution >= 4 is 0 Å². The standard InChI is InChI=1S/C13H18/c1-2-13(10-6-7-11-13)12-8-4-3-5-9-12/h3-5,8-9H,2,6-7,10-11H2,1H3. The van der Waals surface area contributed by atoms with Gasteiger partial charge in [0.2, 0.25) is 0 Å². The molecule has 0 spiro atoms. The molecule has 0 amide bonds. The summed E-state index contributed by atoms with van der Waals surface area (Å²) in [6, 6.07) is 11.1. The molecule has 0 nitrogen and oxygen atoms in total. The van der Waals surface area contributed by atoms with Gasteiger partial charge in [-0.2, -0.15) is 0 Å². The molecule has 0 radical (unpaired) electrons. The second-order valence-electron chi connectivity index (χ2n) is 4.21. The molecule has 1 fully saturated rings. The molecule has 0 aliphatic heterocycles. The molecule has 2 rings (SSSR count). The molecule has 0 unspecified atom stereocenters. The summed E-state index contributed by atoms with van der Waals surface area (Å²) in [5.74, 6) is 0. The topological polar surface area (TPSA) is 0 Å². The van der Waals surface area contributed by atoms with E-state index >= 15 is 0 Å². The molecule has 0 heteroatoms. The van der Waals surface area contributed by atoms with Crippen molar-refractivity contribution in [2.45, 2.75) is 44.4 Å². The lowest BCUT2D eigenvalue weighted by atomic mass is 9.77. The number of benzene rings is 1. The van der Waals surface area contributed by atoms with E-state index in [1.54, 1.807) is 5.56 Å². The molecule has 0 aromatic heterocycles. The Balaban J connectivity index is 2.31. The Morgan fingerprint density at radius 1 is 1.08 bits per heavy atom. The lowest BCUT2D eigenvalue weighted by molar-refractivity contribution is 0.425. The fourth-order valence-electron chi connectivity index (χ4n) is 2.69. The minimum atomic E-state index is 0.529. The molecular weight excluding hydrogens is 156 g/mol. The zero-order valence-electron chi connectivity index (χ0n) is 8.42. The molecule has 0 atom stereocenters. The van der Waals surface area contributed by atoms with Crippen molar-refractivity contribution in [3.63, 3.8) is 0 Å². The average molecular weight is 174 g/mol. The molecular formula is C13H18. The molecule has 0 saturated heterocycles. The van der Waals surface area contributed by atoms with Crippen LogP contribution in [0.4, 0.5) is 0 Å². The second-order valence-corrected chi connectivity index (χ2v) is 4.21. The highest BCUT2D eigenvalue weighted by atomic mass is 14.4. The van der Waals surface area contributed by atoms with E-state index in [9.17, 15) is 0 Å². The quantitative estimate of drug-likeness (QED) is 0.637. The van der Waals surface area contributed by atoms with Gasteiger partial charge in [-0.15, -0.1) is 0 Å². The second kappa shape index (κ2) is 3.53. The Bertz CT molecular complexity index is 255. The molecule has 1 aromatic rings. The van der Waals surface area contributed by atoms with Crippen molar-refractivity contribution in [3.8, 4) is 0 Å². The minimum absolute atomic E-state index is 0.529. The maximum Gasteiger partial charge on any atom is -0.00496 e. The van der Waals surface area contributed by atoms with Crippen LogP contribution in [0.15, 0.2) is 30.3 Å². The van der Waals surface area contributed by atoms with Gasteiger partial charge in [0.1, 0.15) is 0 Å². The van der Waals surface area contributed by atoms with E-state index in [1.807, 2.05) is 0 Å². The van der Waals surface area contributed by atoms with Gasteiger partial charge >= 0.3 is 0 Å². The van der Waals surface area contributed by atoms with Crippen molar-refractivity contribution in [1.29, 1.82) is 0 Å². The van der Waals surface area contributed by atoms with Crippen molar-refractivity contribution in [3.05, 3.63) is 35.9 Å². The lowest BCUT2D eigenvalue weighted by Crippen LogP contribution is -2.20. The maximum atomic E-state index is 2.33. The van der Waals surface area contributed by atoms with Crippen molar-refractivity contribution in [2.75, 3.05) is 0 Å². The molecule has 0 bridgehead atoms. The van der Waals surface area contributed by atoms with Crippen LogP contribution in [-0.4, -0.2) is 0 Å². The van der Waals surface area contributed by atoms with Gasteiger partial charge in [0.15, 0.2) is 0 Å². The number of hydrogen-bond donors (Lipinski definition) is 0. The molecule has 13 heavy (non-hydrogen) atoms. The van der Waals surface area contributed by atoms with E-state index in [0.717, 1.165) is 0 Å². The molecule has 0 heterocycles. The van der Waals surface area contributed by atoms with Crippen molar-refractivity contribution < 1.29 is 0 Å². The van der Waals surface area contributed by atoms with E-state index < -0.39 is 0 Å². The Morgan fingerprint density at radius 2 is 1.69 bits per heavy atom. The Hall–Kier alpha value is -0.780. The van der Waals surface area contributed by atoms with Crippen LogP contribution in [0, 0.1) is 0 Å². The first-order chi connectivity index (χ1) is 6.37. The molecule has 0 N–H and O–H groups in total. The maximum absolute atomic E-state index is 2.33. The van der Waals surface area contributed by atoms with Gasteiger partial charge in [0, 0.05) is 0 Å². The molecule has 1 saturated carbocycles. The van der Waals surface area contributed by atoms with Gasteiger partial charge < -0.3 is 0 Å². The first kappa shape index (κ1) is 8.80. The van der Waals surface area contributed by atoms with Gasteiger partial charge in [-0.3, -0.25) is 0 Å². The third kappa shape index (κ3) is 1.50. The Morgan fingerprint density at radius 3 is 2.23 bits per heavy atom. The average Bonchev–Trinajstić information content (AvgIpc) is 2.69. The minimum Gasteiger partial charge on any atom is -0.0645 e. The van der Waals surface area contributed by atoms with Gasteiger partial charge in [-0.1, -0.05) is 50.1 Å². The number of rotatable bonds is 2. The first-order valence-corrected chi connectivity index (χ1v) is 5.43. The summed E-state index contributed by atoms with van der Waals surface area (Å²) in [4.78, 5) is 0. The van der Waals surface area contributed by atoms with Crippen LogP contribution in [0.1, 0.15) is 44.6 Å². The summed E-state index contributed by atoms with van der Waals surface area (Å²) in [5.41, 5.74) is 2.09. The van der Waals surface area contributed by atoms with Crippen LogP contribution in [0.25, 0.3) is 0 Å². The van der Waals surface area contributed by atoms with Gasteiger partial charge in [-0.05, 0) is 30.2 Å². The molecule has 1 aliphatic carbocycles. The molecule has 1 aliphatic rings. The summed E-state index contributed by atoms with van der Waals surface area (Å²) < 4.78 is 0. The fraction of sp³-hybridized carbons (Fsp3) is 0.538. The normalized spacial score (nSPS) is 20.4. The first-order valence-electron chi connectivity index (χ1n) is 5.43. The SMILES string of the molecule is CCC1(c2ccccc2)CCCC1. The predicted octanol–water partition coefficient (Wildman–Crippen LogP) is 3.91. The lowest BCUT2D eigenvalue weighted by Gasteiger charge is -2.27. The predicted molar refractivity (Wildman–Crippen MR) is 56.9 cm³/mol. The summed E-state index contributed by atoms with van der Waals surface area (Å²) in [6.07, 6.45) is 6.93. The van der Waals surface area contributed by atoms with E-state index in [-0.39, 0.29) is 0 Å². The van der Waals surface area contributed by atoms with Crippen LogP contribution >= 0.6 is 0 Å². The summed E-state index contributed by atoms with van der Waals surface area (Å²) >= 11 is 0. The van der Waals surface area contributed by atoms with Crippen molar-refractivity contribution in [2.24, 2.45) is 0 Å². The zero-order valence-corrected chi connectivity index (χ0v) is 8.42. The third-order valence-corrected chi connectivity index (χ3v) is 3.62. The number of hydrogen-bond acceptors (Lipinski definition) is 0. The zero-order chi connectivity index (χ0) is 9.15. The van der Waals surface area contributed by atoms with Gasteiger partial charge in [0.05, 0.1) is 0 Å². The summed E-state index contributed by atoms with van der Waals surface area (Å²) in [7, 11) is 0. The Labute approximate surface area is 81.0 Å². The fourth-order valence-corrected chi connectivity index (χ4v) is 2.69. The van der Waals surface area contributed by atoms with Crippen LogP contribution in [0.2, 0.25) is 0 Å². The summed E-state index contributed by atoms with van der Waals surface area (Å²) in [6.45, 7) is 2.33. The van der Waals surface area contributed by atoms with Crippen molar-refractivity contribution in [1.82, 2.24) is 0 Å². The van der Waals surface area contributed by atoms with E-state index in [0.29, 0.717) is 5.41 Å². The van der Waals surface area contributed by atoms with Gasteiger partial charge in [-0.25, -0.2) is 0 Å². The molecule has 70 valence electrons. The Kier molecular flexibility index (Phi) is 2.39. The smallest absolute Gasteiger partial charge is 0.00496 e. The molecule has 1 aromatic carbocycles. The van der Waals surface area contributed by atoms with Crippen LogP contribution in [0.3, 0.4) is 0 Å². The van der Waals surface area contributed by atoms with E-state index in [4.69, 9.17) is 0 Å². The van der Waals surface area contributed by atoms with E-state index in [2.05, 4.69) is 37.3 Å². The van der Waals surface area contributed by atoms with Crippen LogP contribution < -0.4 is 0 Å². The van der Waals surface area contributed by atoms with Gasteiger partial charge in [0.25, 0.3) is 0 Å². The van der Waals surface area contributed by atoms with E-state index in [1.165, 1.54) is 32.1 Å². The van der Waals surface area contributed by atoms with Crippen LogP contribution in [0.5, 0.6) is 0 Å². The highest BCUT2D eigenvalue weighted by Crippen LogP contribution is 2.43. The highest BCUT2D eigenvalue weighted by molar-refractivity contribution is 5.26. The largest absolute Gasteiger partial charge is 0.0645 e. The monoisotopic (exact) mass is 174 g/mol. The highest BCUT2D eigenvalue weighted by Gasteiger charge is 2.33.